The number of para-hydroxylation sites is 1. The number of carbonyl (C=O) groups excluding carboxylic acids is 1. The van der Waals surface area contributed by atoms with E-state index in [2.05, 4.69) is 4.98 Å². The van der Waals surface area contributed by atoms with Crippen molar-refractivity contribution in [2.24, 2.45) is 0 Å². The molecule has 0 saturated carbocycles. The second-order valence-corrected chi connectivity index (χ2v) is 6.05. The molecule has 122 valence electrons. The molecule has 0 fully saturated rings. The summed E-state index contributed by atoms with van der Waals surface area (Å²) in [4.78, 5) is 16.0. The number of nitrogens with one attached hydrogen (secondary N) is 1. The van der Waals surface area contributed by atoms with E-state index in [1.54, 1.807) is 6.08 Å². The molecule has 25 heavy (non-hydrogen) atoms. The van der Waals surface area contributed by atoms with Crippen LogP contribution in [0.4, 0.5) is 0 Å². The predicted molar refractivity (Wildman–Crippen MR) is 101 cm³/mol. The normalized spacial score (nSPS) is 12.2. The minimum absolute atomic E-state index is 0.00466. The molecule has 0 aliphatic carbocycles. The Kier molecular flexibility index (Phi) is 4.83. The van der Waals surface area contributed by atoms with Gasteiger partial charge < -0.3 is 4.98 Å². The number of fused-ring (bicyclic) bond motifs is 1. The number of nitrogens with zero attached hydrogens (tertiary/aromatic N) is 1. The standard InChI is InChI=1S/C21H15ClN2O/c1-14-20(18-9-5-6-10-19(18)24-14)21(25)16(13-23)12-17(22)11-15-7-3-2-4-8-15/h2-12,24H,1H3/b16-12+,17-11-. The van der Waals surface area contributed by atoms with Crippen LogP contribution in [0.25, 0.3) is 17.0 Å². The maximum absolute atomic E-state index is 12.9. The van der Waals surface area contributed by atoms with Crippen molar-refractivity contribution in [2.45, 2.75) is 6.92 Å². The average Bonchev–Trinajstić information content (AvgIpc) is 2.95. The van der Waals surface area contributed by atoms with Gasteiger partial charge in [0.25, 0.3) is 0 Å². The monoisotopic (exact) mass is 346 g/mol. The highest BCUT2D eigenvalue weighted by Gasteiger charge is 2.19. The molecule has 0 spiro atoms. The number of aromatic amines is 1. The lowest BCUT2D eigenvalue weighted by molar-refractivity contribution is 0.104. The molecule has 0 radical (unpaired) electrons. The summed E-state index contributed by atoms with van der Waals surface area (Å²) < 4.78 is 0. The second kappa shape index (κ2) is 7.21. The Morgan fingerprint density at radius 2 is 1.80 bits per heavy atom. The van der Waals surface area contributed by atoms with Crippen LogP contribution in [0.15, 0.2) is 71.3 Å². The van der Waals surface area contributed by atoms with E-state index in [1.807, 2.05) is 67.6 Å². The van der Waals surface area contributed by atoms with Gasteiger partial charge in [0, 0.05) is 21.6 Å². The number of H-pyrrole nitrogens is 1. The van der Waals surface area contributed by atoms with Crippen LogP contribution < -0.4 is 0 Å². The smallest absolute Gasteiger partial charge is 0.206 e. The van der Waals surface area contributed by atoms with Crippen LogP contribution in [-0.2, 0) is 0 Å². The van der Waals surface area contributed by atoms with E-state index in [4.69, 9.17) is 11.6 Å². The largest absolute Gasteiger partial charge is 0.358 e. The van der Waals surface area contributed by atoms with Gasteiger partial charge in [-0.05, 0) is 30.7 Å². The maximum atomic E-state index is 12.9. The number of aryl methyl sites for hydroxylation is 1. The van der Waals surface area contributed by atoms with E-state index >= 15 is 0 Å². The van der Waals surface area contributed by atoms with Crippen LogP contribution in [0.2, 0.25) is 0 Å². The van der Waals surface area contributed by atoms with Crippen molar-refractivity contribution in [1.82, 2.24) is 4.98 Å². The van der Waals surface area contributed by atoms with Gasteiger partial charge in [0.15, 0.2) is 0 Å². The van der Waals surface area contributed by atoms with Crippen molar-refractivity contribution in [1.29, 1.82) is 5.26 Å². The molecule has 0 saturated heterocycles. The molecular weight excluding hydrogens is 332 g/mol. The number of rotatable bonds is 4. The summed E-state index contributed by atoms with van der Waals surface area (Å²) in [5.74, 6) is -0.336. The summed E-state index contributed by atoms with van der Waals surface area (Å²) in [5.41, 5.74) is 3.01. The Morgan fingerprint density at radius 1 is 1.12 bits per heavy atom. The quantitative estimate of drug-likeness (QED) is 0.298. The van der Waals surface area contributed by atoms with Crippen LogP contribution in [0.5, 0.6) is 0 Å². The van der Waals surface area contributed by atoms with Gasteiger partial charge >= 0.3 is 0 Å². The highest BCUT2D eigenvalue weighted by atomic mass is 35.5. The third-order valence-electron chi connectivity index (χ3n) is 3.87. The molecule has 0 atom stereocenters. The first-order chi connectivity index (χ1) is 12.1. The van der Waals surface area contributed by atoms with E-state index < -0.39 is 0 Å². The zero-order valence-electron chi connectivity index (χ0n) is 13.6. The van der Waals surface area contributed by atoms with E-state index in [0.29, 0.717) is 10.6 Å². The summed E-state index contributed by atoms with van der Waals surface area (Å²) in [6.45, 7) is 1.82. The number of carbonyl (C=O) groups is 1. The van der Waals surface area contributed by atoms with Gasteiger partial charge in [-0.15, -0.1) is 0 Å². The number of benzene rings is 2. The van der Waals surface area contributed by atoms with Gasteiger partial charge in [-0.1, -0.05) is 60.1 Å². The molecule has 0 aliphatic heterocycles. The molecule has 2 aromatic carbocycles. The highest BCUT2D eigenvalue weighted by molar-refractivity contribution is 6.34. The van der Waals surface area contributed by atoms with E-state index in [1.165, 1.54) is 6.08 Å². The number of nitriles is 1. The summed E-state index contributed by atoms with van der Waals surface area (Å²) in [6, 6.07) is 19.0. The topological polar surface area (TPSA) is 56.6 Å². The van der Waals surface area contributed by atoms with Crippen molar-refractivity contribution in [3.05, 3.63) is 88.1 Å². The Hall–Kier alpha value is -3.09. The lowest BCUT2D eigenvalue weighted by Crippen LogP contribution is -2.03. The lowest BCUT2D eigenvalue weighted by Gasteiger charge is -2.00. The van der Waals surface area contributed by atoms with Crippen molar-refractivity contribution in [3.8, 4) is 6.07 Å². The molecule has 1 aromatic heterocycles. The van der Waals surface area contributed by atoms with E-state index in [0.717, 1.165) is 22.2 Å². The predicted octanol–water partition coefficient (Wildman–Crippen LogP) is 5.39. The average molecular weight is 347 g/mol. The molecule has 3 aromatic rings. The Bertz CT molecular complexity index is 1040. The van der Waals surface area contributed by atoms with Crippen molar-refractivity contribution < 1.29 is 4.79 Å². The maximum Gasteiger partial charge on any atom is 0.206 e. The SMILES string of the molecule is Cc1[nH]c2ccccc2c1C(=O)/C(C#N)=C/C(Cl)=C/c1ccccc1. The van der Waals surface area contributed by atoms with E-state index in [-0.39, 0.29) is 11.4 Å². The zero-order chi connectivity index (χ0) is 17.8. The minimum Gasteiger partial charge on any atom is -0.358 e. The fourth-order valence-electron chi connectivity index (χ4n) is 2.74. The number of aromatic nitrogens is 1. The van der Waals surface area contributed by atoms with Gasteiger partial charge in [-0.25, -0.2) is 0 Å². The molecule has 3 nitrogen and oxygen atoms in total. The first kappa shape index (κ1) is 16.8. The summed E-state index contributed by atoms with van der Waals surface area (Å²) in [6.07, 6.45) is 3.13. The first-order valence-corrected chi connectivity index (χ1v) is 8.14. The molecule has 3 rings (SSSR count). The summed E-state index contributed by atoms with van der Waals surface area (Å²) in [7, 11) is 0. The third-order valence-corrected chi connectivity index (χ3v) is 4.09. The highest BCUT2D eigenvalue weighted by Crippen LogP contribution is 2.25. The van der Waals surface area contributed by atoms with Crippen molar-refractivity contribution >= 4 is 34.4 Å². The second-order valence-electron chi connectivity index (χ2n) is 5.61. The number of allylic oxidation sites excluding steroid dienone is 3. The van der Waals surface area contributed by atoms with E-state index in [9.17, 15) is 10.1 Å². The fourth-order valence-corrected chi connectivity index (χ4v) is 2.98. The molecule has 1 N–H and O–H groups in total. The van der Waals surface area contributed by atoms with Gasteiger partial charge in [0.05, 0.1) is 5.56 Å². The number of Topliss-reactive ketones (excluding diaryl/α,β-unsaturated/α-hetero) is 1. The molecule has 0 amide bonds. The van der Waals surface area contributed by atoms with Crippen LogP contribution in [0.1, 0.15) is 21.6 Å². The van der Waals surface area contributed by atoms with Gasteiger partial charge in [-0.3, -0.25) is 4.79 Å². The first-order valence-electron chi connectivity index (χ1n) is 7.76. The van der Waals surface area contributed by atoms with Crippen LogP contribution in [0, 0.1) is 18.3 Å². The number of hydrogen-bond acceptors (Lipinski definition) is 2. The minimum atomic E-state index is -0.336. The van der Waals surface area contributed by atoms with Crippen LogP contribution in [-0.4, -0.2) is 10.8 Å². The number of halogens is 1. The Labute approximate surface area is 150 Å². The molecule has 0 unspecified atom stereocenters. The zero-order valence-corrected chi connectivity index (χ0v) is 14.3. The van der Waals surface area contributed by atoms with Gasteiger partial charge in [0.1, 0.15) is 11.6 Å². The fraction of sp³-hybridized carbons (Fsp3) is 0.0476. The molecule has 0 aliphatic rings. The molecule has 4 heteroatoms. The Balaban J connectivity index is 2.00. The van der Waals surface area contributed by atoms with Crippen LogP contribution >= 0.6 is 11.6 Å². The van der Waals surface area contributed by atoms with Gasteiger partial charge in [-0.2, -0.15) is 5.26 Å². The summed E-state index contributed by atoms with van der Waals surface area (Å²) in [5, 5.41) is 10.6. The van der Waals surface area contributed by atoms with Crippen LogP contribution in [0.3, 0.4) is 0 Å². The third kappa shape index (κ3) is 3.55. The molecule has 1 heterocycles. The van der Waals surface area contributed by atoms with Gasteiger partial charge in [0.2, 0.25) is 5.78 Å². The molecular formula is C21H15ClN2O. The number of ketones is 1. The number of hydrogen-bond donors (Lipinski definition) is 1. The molecule has 0 bridgehead atoms. The summed E-state index contributed by atoms with van der Waals surface area (Å²) >= 11 is 6.23. The van der Waals surface area contributed by atoms with Crippen molar-refractivity contribution in [3.63, 3.8) is 0 Å². The Morgan fingerprint density at radius 3 is 2.52 bits per heavy atom. The lowest BCUT2D eigenvalue weighted by atomic mass is 10.0. The van der Waals surface area contributed by atoms with Crippen molar-refractivity contribution in [2.75, 3.05) is 0 Å².